The lowest BCUT2D eigenvalue weighted by Gasteiger charge is -2.44. The molecule has 3 aliphatic rings. The Bertz CT molecular complexity index is 1700. The molecular formula is C38H41N5. The molecule has 3 aromatic rings. The molecule has 2 aliphatic carbocycles. The van der Waals surface area contributed by atoms with Gasteiger partial charge in [-0.15, -0.1) is 6.42 Å². The van der Waals surface area contributed by atoms with Crippen LogP contribution in [0, 0.1) is 12.3 Å². The standard InChI is InChI=1S/C36H35N5.C2H6/c1-5-26-11-10-12-30(21-26)38-19-20-39-41-25(4)32-13-8-9-14-35(32)36(41)33-17-15-29(37)23-27(33)22-28-24-31(16-18-34(28)36)40(6-2)7-3;1-2/h1,8-9,12-21,23-24H,4,6-7,10-11,22,37H2,2-3H3;1-2H3/b38-19?,39-20+;. The Labute approximate surface area is 256 Å². The van der Waals surface area contributed by atoms with Gasteiger partial charge in [0.25, 0.3) is 0 Å². The second kappa shape index (κ2) is 12.6. The fourth-order valence-corrected chi connectivity index (χ4v) is 6.59. The number of benzene rings is 3. The van der Waals surface area contributed by atoms with Crippen LogP contribution in [0.3, 0.4) is 0 Å². The number of hydrogen-bond acceptors (Lipinski definition) is 5. The number of nitrogen functional groups attached to an aromatic ring is 1. The van der Waals surface area contributed by atoms with Crippen molar-refractivity contribution in [3.63, 3.8) is 0 Å². The fraction of sp³-hybridized carbons (Fsp3) is 0.263. The molecule has 0 saturated heterocycles. The molecule has 0 radical (unpaired) electrons. The first-order valence-electron chi connectivity index (χ1n) is 15.3. The topological polar surface area (TPSA) is 57.2 Å². The second-order valence-corrected chi connectivity index (χ2v) is 10.6. The molecule has 1 atom stereocenters. The molecule has 2 N–H and O–H groups in total. The van der Waals surface area contributed by atoms with E-state index in [0.29, 0.717) is 0 Å². The Kier molecular flexibility index (Phi) is 8.68. The number of allylic oxidation sites excluding steroid dienone is 3. The lowest BCUT2D eigenvalue weighted by molar-refractivity contribution is 0.275. The summed E-state index contributed by atoms with van der Waals surface area (Å²) in [5.74, 6) is 2.75. The maximum atomic E-state index is 6.35. The minimum absolute atomic E-state index is 0.683. The Balaban J connectivity index is 0.00000180. The van der Waals surface area contributed by atoms with Gasteiger partial charge in [-0.3, -0.25) is 4.99 Å². The van der Waals surface area contributed by atoms with E-state index in [4.69, 9.17) is 17.3 Å². The molecule has 0 bridgehead atoms. The van der Waals surface area contributed by atoms with Crippen molar-refractivity contribution in [3.05, 3.63) is 124 Å². The highest BCUT2D eigenvalue weighted by Gasteiger charge is 2.53. The predicted molar refractivity (Wildman–Crippen MR) is 183 cm³/mol. The number of nitrogens with two attached hydrogens (primary N) is 1. The minimum Gasteiger partial charge on any atom is -0.399 e. The zero-order valence-electron chi connectivity index (χ0n) is 25.8. The quantitative estimate of drug-likeness (QED) is 0.187. The molecule has 6 rings (SSSR count). The van der Waals surface area contributed by atoms with Crippen molar-refractivity contribution >= 4 is 29.5 Å². The Morgan fingerprint density at radius 1 is 1.00 bits per heavy atom. The van der Waals surface area contributed by atoms with Crippen LogP contribution in [-0.2, 0) is 12.0 Å². The Morgan fingerprint density at radius 3 is 2.47 bits per heavy atom. The molecule has 0 aromatic heterocycles. The maximum Gasteiger partial charge on any atom is 0.139 e. The van der Waals surface area contributed by atoms with E-state index >= 15 is 0 Å². The van der Waals surface area contributed by atoms with Gasteiger partial charge in [-0.2, -0.15) is 5.10 Å². The van der Waals surface area contributed by atoms with Gasteiger partial charge in [-0.1, -0.05) is 68.8 Å². The summed E-state index contributed by atoms with van der Waals surface area (Å²) in [6.07, 6.45) is 15.8. The van der Waals surface area contributed by atoms with E-state index in [1.807, 2.05) is 26.0 Å². The molecule has 1 spiro atoms. The van der Waals surface area contributed by atoms with Crippen molar-refractivity contribution in [1.82, 2.24) is 5.01 Å². The molecular weight excluding hydrogens is 526 g/mol. The first-order valence-corrected chi connectivity index (χ1v) is 15.3. The zero-order valence-corrected chi connectivity index (χ0v) is 25.8. The molecule has 0 saturated carbocycles. The van der Waals surface area contributed by atoms with Gasteiger partial charge in [0.15, 0.2) is 0 Å². The zero-order chi connectivity index (χ0) is 30.6. The number of hydrazone groups is 1. The van der Waals surface area contributed by atoms with Crippen LogP contribution in [0.25, 0.3) is 5.70 Å². The molecule has 0 fully saturated rings. The highest BCUT2D eigenvalue weighted by molar-refractivity contribution is 6.16. The largest absolute Gasteiger partial charge is 0.399 e. The third-order valence-corrected chi connectivity index (χ3v) is 8.46. The van der Waals surface area contributed by atoms with Crippen molar-refractivity contribution in [2.24, 2.45) is 10.1 Å². The lowest BCUT2D eigenvalue weighted by atomic mass is 9.69. The summed E-state index contributed by atoms with van der Waals surface area (Å²) in [7, 11) is 0. The second-order valence-electron chi connectivity index (χ2n) is 10.6. The summed E-state index contributed by atoms with van der Waals surface area (Å²) in [5.41, 5.74) is 17.4. The van der Waals surface area contributed by atoms with Crippen LogP contribution < -0.4 is 10.6 Å². The fourth-order valence-electron chi connectivity index (χ4n) is 6.59. The first-order chi connectivity index (χ1) is 21.0. The van der Waals surface area contributed by atoms with Gasteiger partial charge in [0.05, 0.1) is 17.6 Å². The van der Waals surface area contributed by atoms with Gasteiger partial charge in [0.2, 0.25) is 0 Å². The molecule has 1 heterocycles. The number of hydrogen-bond donors (Lipinski definition) is 1. The van der Waals surface area contributed by atoms with E-state index in [2.05, 4.69) is 102 Å². The highest BCUT2D eigenvalue weighted by Crippen LogP contribution is 2.57. The van der Waals surface area contributed by atoms with Crippen LogP contribution in [0.1, 0.15) is 73.9 Å². The minimum atomic E-state index is -0.683. The van der Waals surface area contributed by atoms with Gasteiger partial charge >= 0.3 is 0 Å². The predicted octanol–water partition coefficient (Wildman–Crippen LogP) is 7.92. The summed E-state index contributed by atoms with van der Waals surface area (Å²) in [6, 6.07) is 21.6. The summed E-state index contributed by atoms with van der Waals surface area (Å²) >= 11 is 0. The average molecular weight is 568 g/mol. The molecule has 5 nitrogen and oxygen atoms in total. The number of rotatable bonds is 6. The van der Waals surface area contributed by atoms with E-state index in [1.54, 1.807) is 12.4 Å². The number of fused-ring (bicyclic) bond motifs is 6. The van der Waals surface area contributed by atoms with Gasteiger partial charge in [-0.05, 0) is 91.3 Å². The number of nitrogens with zero attached hydrogens (tertiary/aromatic N) is 4. The van der Waals surface area contributed by atoms with Crippen molar-refractivity contribution in [2.75, 3.05) is 23.7 Å². The van der Waals surface area contributed by atoms with Crippen LogP contribution >= 0.6 is 0 Å². The normalized spacial score (nSPS) is 18.4. The van der Waals surface area contributed by atoms with E-state index in [1.165, 1.54) is 33.5 Å². The number of anilines is 2. The molecule has 5 heteroatoms. The van der Waals surface area contributed by atoms with Gasteiger partial charge in [0, 0.05) is 41.8 Å². The van der Waals surface area contributed by atoms with Gasteiger partial charge < -0.3 is 10.6 Å². The lowest BCUT2D eigenvalue weighted by Crippen LogP contribution is -2.43. The summed E-state index contributed by atoms with van der Waals surface area (Å²) in [6.45, 7) is 14.8. The Hall–Kier alpha value is -4.82. The monoisotopic (exact) mass is 567 g/mol. The van der Waals surface area contributed by atoms with Crippen molar-refractivity contribution in [2.45, 2.75) is 52.5 Å². The molecule has 3 aromatic carbocycles. The smallest absolute Gasteiger partial charge is 0.139 e. The van der Waals surface area contributed by atoms with Crippen molar-refractivity contribution < 1.29 is 0 Å². The highest BCUT2D eigenvalue weighted by atomic mass is 15.5. The summed E-state index contributed by atoms with van der Waals surface area (Å²) in [4.78, 5) is 7.02. The Morgan fingerprint density at radius 2 is 1.72 bits per heavy atom. The van der Waals surface area contributed by atoms with E-state index < -0.39 is 5.54 Å². The molecule has 43 heavy (non-hydrogen) atoms. The third-order valence-electron chi connectivity index (χ3n) is 8.46. The van der Waals surface area contributed by atoms with Gasteiger partial charge in [-0.25, -0.2) is 5.01 Å². The van der Waals surface area contributed by atoms with Crippen LogP contribution in [0.4, 0.5) is 11.4 Å². The summed E-state index contributed by atoms with van der Waals surface area (Å²) < 4.78 is 0. The number of aliphatic imine (C=N–C) groups is 1. The summed E-state index contributed by atoms with van der Waals surface area (Å²) in [5, 5.41) is 7.13. The number of terminal acetylenes is 1. The van der Waals surface area contributed by atoms with Crippen LogP contribution in [0.5, 0.6) is 0 Å². The molecule has 1 unspecified atom stereocenters. The SMILES string of the molecule is C#CC1=CC(N=C/C=N/N2C(=C)c3ccccc3C23c2ccc(N)cc2Cc2cc(N(CC)CC)ccc23)=CCC1.CC. The van der Waals surface area contributed by atoms with E-state index in [9.17, 15) is 0 Å². The maximum absolute atomic E-state index is 6.35. The van der Waals surface area contributed by atoms with Crippen molar-refractivity contribution in [3.8, 4) is 12.3 Å². The first kappa shape index (κ1) is 29.7. The average Bonchev–Trinajstić information content (AvgIpc) is 3.28. The van der Waals surface area contributed by atoms with Crippen LogP contribution in [0.15, 0.2) is 101 Å². The van der Waals surface area contributed by atoms with E-state index in [0.717, 1.165) is 60.6 Å². The van der Waals surface area contributed by atoms with E-state index in [-0.39, 0.29) is 0 Å². The molecule has 1 aliphatic heterocycles. The molecule has 0 amide bonds. The third kappa shape index (κ3) is 5.08. The van der Waals surface area contributed by atoms with Crippen molar-refractivity contribution in [1.29, 1.82) is 0 Å². The molecule has 218 valence electrons. The van der Waals surface area contributed by atoms with Crippen LogP contribution in [-0.4, -0.2) is 30.5 Å². The van der Waals surface area contributed by atoms with Gasteiger partial charge in [0.1, 0.15) is 5.54 Å². The van der Waals surface area contributed by atoms with Crippen LogP contribution in [0.2, 0.25) is 0 Å².